The zero-order valence-electron chi connectivity index (χ0n) is 19.2. The molecule has 0 aromatic carbocycles. The van der Waals surface area contributed by atoms with E-state index in [0.29, 0.717) is 17.3 Å². The molecular weight excluding hydrogens is 386 g/mol. The minimum Gasteiger partial charge on any atom is -0.379 e. The van der Waals surface area contributed by atoms with E-state index >= 15 is 0 Å². The average Bonchev–Trinajstić information content (AvgIpc) is 2.77. The average molecular weight is 424 g/mol. The van der Waals surface area contributed by atoms with Gasteiger partial charge in [0.15, 0.2) is 0 Å². The van der Waals surface area contributed by atoms with Gasteiger partial charge in [-0.25, -0.2) is 0 Å². The van der Waals surface area contributed by atoms with E-state index < -0.39 is 0 Å². The summed E-state index contributed by atoms with van der Waals surface area (Å²) in [6, 6.07) is 4.38. The van der Waals surface area contributed by atoms with Crippen molar-refractivity contribution in [1.29, 1.82) is 0 Å². The minimum absolute atomic E-state index is 0.254. The monoisotopic (exact) mass is 423 g/mol. The number of ether oxygens (including phenoxy) is 1. The molecule has 0 radical (unpaired) electrons. The third-order valence-corrected chi connectivity index (χ3v) is 9.25. The summed E-state index contributed by atoms with van der Waals surface area (Å²) >= 11 is 0. The SMILES string of the molecule is CC1(C)[C@H]2CC=C(CN3C[C@@H]4C[C@H](C3)c3ccc(CN5CCOCC5)c(=O)n3C4)[C@@H]1C2. The van der Waals surface area contributed by atoms with E-state index in [2.05, 4.69) is 46.4 Å². The molecule has 7 rings (SSSR count). The minimum atomic E-state index is 0.254. The maximum atomic E-state index is 13.3. The molecule has 3 aliphatic carbocycles. The number of hydrogen-bond donors (Lipinski definition) is 0. The molecule has 6 aliphatic rings. The van der Waals surface area contributed by atoms with Crippen LogP contribution in [0.1, 0.15) is 50.3 Å². The van der Waals surface area contributed by atoms with E-state index in [0.717, 1.165) is 76.4 Å². The molecule has 5 nitrogen and oxygen atoms in total. The lowest BCUT2D eigenvalue weighted by atomic mass is 9.49. The summed E-state index contributed by atoms with van der Waals surface area (Å²) < 4.78 is 7.59. The Labute approximate surface area is 186 Å². The van der Waals surface area contributed by atoms with Gasteiger partial charge in [0, 0.05) is 63.0 Å². The normalized spacial score (nSPS) is 34.6. The Hall–Kier alpha value is -1.43. The number of likely N-dealkylation sites (tertiary alicyclic amines) is 1. The molecule has 0 amide bonds. The van der Waals surface area contributed by atoms with Crippen LogP contribution in [0.2, 0.25) is 0 Å². The standard InChI is InChI=1S/C26H37N3O2/c1-26(2)22-5-3-19(23(26)12-22)15-28-13-18-11-21(17-28)24-6-4-20(25(30)29(24)14-18)16-27-7-9-31-10-8-27/h3-4,6,18,21-23H,5,7-17H2,1-2H3/t18-,21+,22-,23-/m0/s1. The molecule has 1 saturated carbocycles. The Morgan fingerprint density at radius 2 is 1.87 bits per heavy atom. The lowest BCUT2D eigenvalue weighted by Crippen LogP contribution is -2.52. The van der Waals surface area contributed by atoms with E-state index in [-0.39, 0.29) is 5.56 Å². The highest BCUT2D eigenvalue weighted by atomic mass is 16.5. The van der Waals surface area contributed by atoms with Crippen molar-refractivity contribution in [2.45, 2.75) is 52.1 Å². The Bertz CT molecular complexity index is 942. The second-order valence-corrected chi connectivity index (χ2v) is 11.4. The van der Waals surface area contributed by atoms with Gasteiger partial charge >= 0.3 is 0 Å². The van der Waals surface area contributed by atoms with Gasteiger partial charge in [0.25, 0.3) is 5.56 Å². The summed E-state index contributed by atoms with van der Waals surface area (Å²) in [6.07, 6.45) is 6.49. The molecule has 1 aromatic rings. The molecule has 4 heterocycles. The zero-order valence-corrected chi connectivity index (χ0v) is 19.2. The first-order valence-corrected chi connectivity index (χ1v) is 12.4. The number of allylic oxidation sites excluding steroid dienone is 1. The molecule has 5 heteroatoms. The number of rotatable bonds is 4. The van der Waals surface area contributed by atoms with Gasteiger partial charge in [0.2, 0.25) is 0 Å². The van der Waals surface area contributed by atoms with Crippen molar-refractivity contribution >= 4 is 0 Å². The van der Waals surface area contributed by atoms with E-state index in [9.17, 15) is 4.79 Å². The topological polar surface area (TPSA) is 37.7 Å². The van der Waals surface area contributed by atoms with Gasteiger partial charge in [-0.15, -0.1) is 0 Å². The van der Waals surface area contributed by atoms with Crippen LogP contribution >= 0.6 is 0 Å². The molecular formula is C26H37N3O2. The first kappa shape index (κ1) is 20.2. The van der Waals surface area contributed by atoms with Crippen LogP contribution in [-0.2, 0) is 17.8 Å². The van der Waals surface area contributed by atoms with Gasteiger partial charge in [-0.3, -0.25) is 14.6 Å². The summed E-state index contributed by atoms with van der Waals surface area (Å²) in [7, 11) is 0. The summed E-state index contributed by atoms with van der Waals surface area (Å²) in [5, 5.41) is 0. The zero-order chi connectivity index (χ0) is 21.2. The predicted molar refractivity (Wildman–Crippen MR) is 122 cm³/mol. The largest absolute Gasteiger partial charge is 0.379 e. The van der Waals surface area contributed by atoms with Crippen LogP contribution in [0.3, 0.4) is 0 Å². The van der Waals surface area contributed by atoms with Crippen molar-refractivity contribution in [2.24, 2.45) is 23.2 Å². The second-order valence-electron chi connectivity index (χ2n) is 11.4. The summed E-state index contributed by atoms with van der Waals surface area (Å²) in [4.78, 5) is 18.4. The van der Waals surface area contributed by atoms with Gasteiger partial charge in [-0.1, -0.05) is 31.6 Å². The molecule has 31 heavy (non-hydrogen) atoms. The molecule has 1 aromatic heterocycles. The Morgan fingerprint density at radius 1 is 1.03 bits per heavy atom. The Balaban J connectivity index is 1.18. The van der Waals surface area contributed by atoms with Gasteiger partial charge in [-0.2, -0.15) is 0 Å². The maximum absolute atomic E-state index is 13.3. The summed E-state index contributed by atoms with van der Waals surface area (Å²) in [5.74, 6) is 2.82. The van der Waals surface area contributed by atoms with Crippen molar-refractivity contribution in [1.82, 2.24) is 14.4 Å². The molecule has 4 atom stereocenters. The number of aromatic nitrogens is 1. The summed E-state index contributed by atoms with van der Waals surface area (Å²) in [6.45, 7) is 13.4. The van der Waals surface area contributed by atoms with E-state index in [1.54, 1.807) is 5.57 Å². The lowest BCUT2D eigenvalue weighted by molar-refractivity contribution is -0.0127. The molecule has 0 spiro atoms. The van der Waals surface area contributed by atoms with Crippen molar-refractivity contribution in [3.63, 3.8) is 0 Å². The van der Waals surface area contributed by atoms with Crippen molar-refractivity contribution in [2.75, 3.05) is 45.9 Å². The Kier molecular flexibility index (Phi) is 4.93. The van der Waals surface area contributed by atoms with Crippen LogP contribution in [0.15, 0.2) is 28.6 Å². The lowest BCUT2D eigenvalue weighted by Gasteiger charge is -2.57. The van der Waals surface area contributed by atoms with Crippen LogP contribution in [0.25, 0.3) is 0 Å². The number of fused-ring (bicyclic) bond motifs is 5. The molecule has 3 aliphatic heterocycles. The van der Waals surface area contributed by atoms with E-state index in [4.69, 9.17) is 4.74 Å². The van der Waals surface area contributed by atoms with Crippen molar-refractivity contribution in [3.8, 4) is 0 Å². The smallest absolute Gasteiger partial charge is 0.255 e. The van der Waals surface area contributed by atoms with E-state index in [1.165, 1.54) is 25.0 Å². The second kappa shape index (κ2) is 7.57. The highest BCUT2D eigenvalue weighted by molar-refractivity contribution is 5.26. The van der Waals surface area contributed by atoms with Gasteiger partial charge in [0.05, 0.1) is 13.2 Å². The fourth-order valence-corrected chi connectivity index (χ4v) is 7.25. The molecule has 3 fully saturated rings. The number of hydrogen-bond acceptors (Lipinski definition) is 4. The van der Waals surface area contributed by atoms with Crippen molar-refractivity contribution in [3.05, 3.63) is 45.4 Å². The predicted octanol–water partition coefficient (Wildman–Crippen LogP) is 3.09. The third-order valence-electron chi connectivity index (χ3n) is 9.25. The van der Waals surface area contributed by atoms with Crippen LogP contribution in [-0.4, -0.2) is 60.3 Å². The van der Waals surface area contributed by atoms with Crippen LogP contribution < -0.4 is 5.56 Å². The molecule has 168 valence electrons. The number of pyridine rings is 1. The van der Waals surface area contributed by atoms with Crippen molar-refractivity contribution < 1.29 is 4.74 Å². The van der Waals surface area contributed by atoms with Gasteiger partial charge < -0.3 is 9.30 Å². The summed E-state index contributed by atoms with van der Waals surface area (Å²) in [5.41, 5.74) is 4.69. The first-order chi connectivity index (χ1) is 15.0. The number of piperidine rings is 1. The van der Waals surface area contributed by atoms with Gasteiger partial charge in [0.1, 0.15) is 0 Å². The molecule has 0 unspecified atom stereocenters. The maximum Gasteiger partial charge on any atom is 0.255 e. The Morgan fingerprint density at radius 3 is 2.65 bits per heavy atom. The van der Waals surface area contributed by atoms with Gasteiger partial charge in [-0.05, 0) is 48.5 Å². The van der Waals surface area contributed by atoms with Crippen LogP contribution in [0.5, 0.6) is 0 Å². The highest BCUT2D eigenvalue weighted by Gasteiger charge is 2.51. The third kappa shape index (κ3) is 3.44. The van der Waals surface area contributed by atoms with E-state index in [1.807, 2.05) is 0 Å². The van der Waals surface area contributed by atoms with Crippen LogP contribution in [0, 0.1) is 23.2 Å². The fraction of sp³-hybridized carbons (Fsp3) is 0.731. The molecule has 0 N–H and O–H groups in total. The number of nitrogens with zero attached hydrogens (tertiary/aromatic N) is 3. The number of morpholine rings is 1. The molecule has 2 saturated heterocycles. The fourth-order valence-electron chi connectivity index (χ4n) is 7.25. The molecule has 4 bridgehead atoms. The highest BCUT2D eigenvalue weighted by Crippen LogP contribution is 2.59. The first-order valence-electron chi connectivity index (χ1n) is 12.4. The quantitative estimate of drug-likeness (QED) is 0.698. The van der Waals surface area contributed by atoms with Crippen LogP contribution in [0.4, 0.5) is 0 Å².